The molecule has 0 aliphatic carbocycles. The van der Waals surface area contributed by atoms with Crippen molar-refractivity contribution in [3.63, 3.8) is 0 Å². The van der Waals surface area contributed by atoms with Crippen molar-refractivity contribution in [1.82, 2.24) is 20.3 Å². The number of aliphatic hydroxyl groups excluding tert-OH is 1. The number of aromatic nitrogens is 3. The SMILES string of the molecule is CC1=CC([C@H]2C[C@H](n3cc(C[18F])nn3)[C@@H](CO)O2)C(=O)NC1=O. The molecule has 1 fully saturated rings. The zero-order chi connectivity index (χ0) is 16.6. The van der Waals surface area contributed by atoms with Crippen LogP contribution in [0, 0.1) is 5.92 Å². The minimum atomic E-state index is -0.726. The van der Waals surface area contributed by atoms with Gasteiger partial charge in [-0.25, -0.2) is 9.07 Å². The van der Waals surface area contributed by atoms with Crippen LogP contribution in [0.3, 0.4) is 0 Å². The van der Waals surface area contributed by atoms with Gasteiger partial charge in [-0.05, 0) is 13.3 Å². The maximum absolute atomic E-state index is 12.6. The molecule has 8 nitrogen and oxygen atoms in total. The molecule has 0 saturated carbocycles. The van der Waals surface area contributed by atoms with E-state index in [2.05, 4.69) is 15.6 Å². The molecule has 23 heavy (non-hydrogen) atoms. The lowest BCUT2D eigenvalue weighted by Gasteiger charge is -2.23. The van der Waals surface area contributed by atoms with Crippen LogP contribution in [0.25, 0.3) is 0 Å². The summed E-state index contributed by atoms with van der Waals surface area (Å²) in [6.07, 6.45) is 2.37. The molecular formula is C14H17FN4O4. The maximum Gasteiger partial charge on any atom is 0.253 e. The van der Waals surface area contributed by atoms with Gasteiger partial charge in [0.1, 0.15) is 18.5 Å². The standard InChI is InChI=1S/C14H17FN4O4/c1-7-2-9(14(22)16-13(7)21)11-3-10(12(6-20)23-11)19-5-8(4-15)17-18-19/h2,5,9-12,20H,3-4,6H2,1H3,(H,16,21,22)/t9?,10-,11+,12+/m0/s1/i15-1. The highest BCUT2D eigenvalue weighted by Crippen LogP contribution is 2.35. The quantitative estimate of drug-likeness (QED) is 0.734. The van der Waals surface area contributed by atoms with Crippen molar-refractivity contribution in [1.29, 1.82) is 0 Å². The van der Waals surface area contributed by atoms with E-state index in [1.807, 2.05) is 0 Å². The van der Waals surface area contributed by atoms with Crippen molar-refractivity contribution < 1.29 is 23.8 Å². The van der Waals surface area contributed by atoms with Crippen LogP contribution < -0.4 is 5.32 Å². The Hall–Kier alpha value is -2.13. The fourth-order valence-electron chi connectivity index (χ4n) is 2.96. The predicted molar refractivity (Wildman–Crippen MR) is 74.6 cm³/mol. The summed E-state index contributed by atoms with van der Waals surface area (Å²) in [7, 11) is 0. The van der Waals surface area contributed by atoms with Crippen LogP contribution in [0.1, 0.15) is 25.1 Å². The molecule has 0 spiro atoms. The third-order valence-corrected chi connectivity index (χ3v) is 4.19. The van der Waals surface area contributed by atoms with Crippen molar-refractivity contribution in [2.45, 2.75) is 38.3 Å². The van der Waals surface area contributed by atoms with Gasteiger partial charge < -0.3 is 9.84 Å². The van der Waals surface area contributed by atoms with Gasteiger partial charge in [0.15, 0.2) is 0 Å². The van der Waals surface area contributed by atoms with Gasteiger partial charge in [-0.3, -0.25) is 14.9 Å². The Morgan fingerprint density at radius 3 is 2.96 bits per heavy atom. The number of rotatable bonds is 4. The lowest BCUT2D eigenvalue weighted by atomic mass is 9.92. The van der Waals surface area contributed by atoms with E-state index in [-0.39, 0.29) is 18.3 Å². The lowest BCUT2D eigenvalue weighted by molar-refractivity contribution is -0.134. The van der Waals surface area contributed by atoms with Gasteiger partial charge in [-0.1, -0.05) is 11.3 Å². The Labute approximate surface area is 131 Å². The van der Waals surface area contributed by atoms with E-state index in [1.165, 1.54) is 10.9 Å². The number of halogens is 1. The smallest absolute Gasteiger partial charge is 0.253 e. The number of imide groups is 1. The van der Waals surface area contributed by atoms with Crippen LogP contribution in [0.4, 0.5) is 4.39 Å². The Morgan fingerprint density at radius 1 is 1.52 bits per heavy atom. The van der Waals surface area contributed by atoms with Crippen LogP contribution in [-0.2, 0) is 21.0 Å². The van der Waals surface area contributed by atoms with Crippen LogP contribution in [0.15, 0.2) is 17.8 Å². The summed E-state index contributed by atoms with van der Waals surface area (Å²) in [6, 6.07) is -0.350. The van der Waals surface area contributed by atoms with Crippen molar-refractivity contribution in [3.8, 4) is 0 Å². The predicted octanol–water partition coefficient (Wildman–Crippen LogP) is -0.343. The van der Waals surface area contributed by atoms with E-state index in [0.29, 0.717) is 12.0 Å². The van der Waals surface area contributed by atoms with Gasteiger partial charge in [-0.15, -0.1) is 5.10 Å². The zero-order valence-electron chi connectivity index (χ0n) is 12.5. The molecular weight excluding hydrogens is 306 g/mol. The molecule has 124 valence electrons. The fourth-order valence-corrected chi connectivity index (χ4v) is 2.96. The average molecular weight is 323 g/mol. The largest absolute Gasteiger partial charge is 0.394 e. The van der Waals surface area contributed by atoms with Gasteiger partial charge in [0.2, 0.25) is 5.91 Å². The summed E-state index contributed by atoms with van der Waals surface area (Å²) in [6.45, 7) is 0.632. The zero-order valence-corrected chi connectivity index (χ0v) is 12.5. The molecule has 2 amide bonds. The molecule has 0 aromatic carbocycles. The fraction of sp³-hybridized carbons (Fsp3) is 0.571. The number of hydrogen-bond donors (Lipinski definition) is 2. The molecule has 3 heterocycles. The highest BCUT2D eigenvalue weighted by atomic mass is 18.2. The van der Waals surface area contributed by atoms with Gasteiger partial charge in [0.25, 0.3) is 5.91 Å². The van der Waals surface area contributed by atoms with Crippen LogP contribution in [0.5, 0.6) is 0 Å². The lowest BCUT2D eigenvalue weighted by Crippen LogP contribution is -2.44. The summed E-state index contributed by atoms with van der Waals surface area (Å²) >= 11 is 0. The number of ether oxygens (including phenoxy) is 1. The number of aliphatic hydroxyl groups is 1. The summed E-state index contributed by atoms with van der Waals surface area (Å²) in [5.41, 5.74) is 0.643. The summed E-state index contributed by atoms with van der Waals surface area (Å²) in [5, 5.41) is 19.3. The third kappa shape index (κ3) is 2.89. The minimum Gasteiger partial charge on any atom is -0.394 e. The molecule has 2 N–H and O–H groups in total. The third-order valence-electron chi connectivity index (χ3n) is 4.19. The first-order valence-electron chi connectivity index (χ1n) is 7.30. The number of nitrogens with zero attached hydrogens (tertiary/aromatic N) is 3. The number of amides is 2. The average Bonchev–Trinajstić information content (AvgIpc) is 3.16. The molecule has 9 heteroatoms. The molecule has 4 atom stereocenters. The number of alkyl halides is 1. The van der Waals surface area contributed by atoms with Crippen molar-refractivity contribution in [3.05, 3.63) is 23.5 Å². The van der Waals surface area contributed by atoms with E-state index < -0.39 is 36.6 Å². The van der Waals surface area contributed by atoms with Gasteiger partial charge in [-0.2, -0.15) is 0 Å². The first-order valence-corrected chi connectivity index (χ1v) is 7.30. The first-order chi connectivity index (χ1) is 11.0. The Kier molecular flexibility index (Phi) is 4.22. The second-order valence-corrected chi connectivity index (χ2v) is 5.72. The Balaban J connectivity index is 1.81. The van der Waals surface area contributed by atoms with Crippen molar-refractivity contribution >= 4 is 11.8 Å². The number of carbonyl (C=O) groups is 2. The second-order valence-electron chi connectivity index (χ2n) is 5.72. The van der Waals surface area contributed by atoms with E-state index in [4.69, 9.17) is 4.74 Å². The molecule has 1 aromatic rings. The molecule has 0 radical (unpaired) electrons. The van der Waals surface area contributed by atoms with E-state index >= 15 is 0 Å². The highest BCUT2D eigenvalue weighted by molar-refractivity contribution is 6.08. The summed E-state index contributed by atoms with van der Waals surface area (Å²) < 4.78 is 19.8. The van der Waals surface area contributed by atoms with Crippen LogP contribution >= 0.6 is 0 Å². The molecule has 3 rings (SSSR count). The maximum atomic E-state index is 12.6. The van der Waals surface area contributed by atoms with E-state index in [9.17, 15) is 19.1 Å². The van der Waals surface area contributed by atoms with Gasteiger partial charge >= 0.3 is 0 Å². The van der Waals surface area contributed by atoms with Crippen LogP contribution in [-0.4, -0.2) is 50.7 Å². The topological polar surface area (TPSA) is 106 Å². The molecule has 1 aromatic heterocycles. The Morgan fingerprint density at radius 2 is 2.30 bits per heavy atom. The van der Waals surface area contributed by atoms with Gasteiger partial charge in [0, 0.05) is 5.57 Å². The molecule has 0 bridgehead atoms. The molecule has 1 unspecified atom stereocenters. The summed E-state index contributed by atoms with van der Waals surface area (Å²) in [5.74, 6) is -1.45. The van der Waals surface area contributed by atoms with E-state index in [1.54, 1.807) is 13.0 Å². The summed E-state index contributed by atoms with van der Waals surface area (Å²) in [4.78, 5) is 23.5. The molecule has 2 aliphatic heterocycles. The second kappa shape index (κ2) is 6.17. The monoisotopic (exact) mass is 323 g/mol. The first kappa shape index (κ1) is 15.8. The van der Waals surface area contributed by atoms with Gasteiger partial charge in [0.05, 0.1) is 30.9 Å². The number of carbonyl (C=O) groups excluding carboxylic acids is 2. The Bertz CT molecular complexity index is 659. The molecule has 2 aliphatic rings. The van der Waals surface area contributed by atoms with Crippen molar-refractivity contribution in [2.75, 3.05) is 6.61 Å². The molecule has 1 saturated heterocycles. The number of nitrogens with one attached hydrogen (secondary N) is 1. The normalized spacial score (nSPS) is 31.2. The number of hydrogen-bond acceptors (Lipinski definition) is 6. The van der Waals surface area contributed by atoms with Crippen LogP contribution in [0.2, 0.25) is 0 Å². The highest BCUT2D eigenvalue weighted by Gasteiger charge is 2.43. The minimum absolute atomic E-state index is 0.196. The van der Waals surface area contributed by atoms with E-state index in [0.717, 1.165) is 0 Å². The van der Waals surface area contributed by atoms with Crippen molar-refractivity contribution in [2.24, 2.45) is 5.92 Å².